The number of nitro groups is 1. The maximum absolute atomic E-state index is 11.1. The lowest BCUT2D eigenvalue weighted by molar-refractivity contribution is -0.434. The molecule has 0 heterocycles. The Morgan fingerprint density at radius 1 is 1.27 bits per heavy atom. The third-order valence-electron chi connectivity index (χ3n) is 3.37. The second-order valence-corrected chi connectivity index (χ2v) is 10.5. The first-order valence-corrected chi connectivity index (χ1v) is 8.98. The van der Waals surface area contributed by atoms with Gasteiger partial charge in [-0.2, -0.15) is 0 Å². The van der Waals surface area contributed by atoms with Crippen molar-refractivity contribution in [2.45, 2.75) is 32.5 Å². The van der Waals surface area contributed by atoms with Gasteiger partial charge in [-0.25, -0.2) is 0 Å². The Hall–Kier alpha value is -0.903. The topological polar surface area (TPSA) is 43.1 Å². The lowest BCUT2D eigenvalue weighted by Crippen LogP contribution is -2.38. The molecule has 2 atom stereocenters. The molecule has 2 bridgehead atoms. The molecule has 3 rings (SSSR count). The van der Waals surface area contributed by atoms with E-state index in [1.54, 1.807) is 0 Å². The summed E-state index contributed by atoms with van der Waals surface area (Å²) in [6, 6.07) is 0. The van der Waals surface area contributed by atoms with E-state index in [0.717, 1.165) is 12.8 Å². The summed E-state index contributed by atoms with van der Waals surface area (Å²) in [5.74, 6) is 0.453. The lowest BCUT2D eigenvalue weighted by atomic mass is 9.79. The van der Waals surface area contributed by atoms with Gasteiger partial charge in [0.05, 0.1) is 18.9 Å². The van der Waals surface area contributed by atoms with Crippen molar-refractivity contribution in [2.24, 2.45) is 11.8 Å². The Labute approximate surface area is 91.0 Å². The highest BCUT2D eigenvalue weighted by Gasteiger charge is 2.43. The fraction of sp³-hybridized carbons (Fsp3) is 0.636. The molecule has 0 saturated heterocycles. The van der Waals surface area contributed by atoms with Crippen molar-refractivity contribution in [1.82, 2.24) is 0 Å². The van der Waals surface area contributed by atoms with Crippen LogP contribution in [0, 0.1) is 22.0 Å². The maximum atomic E-state index is 11.1. The normalized spacial score (nSPS) is 29.8. The van der Waals surface area contributed by atoms with Crippen LogP contribution in [0.25, 0.3) is 0 Å². The van der Waals surface area contributed by atoms with E-state index in [0.29, 0.717) is 11.6 Å². The molecule has 0 fully saturated rings. The summed E-state index contributed by atoms with van der Waals surface area (Å²) in [6.45, 7) is 6.63. The predicted octanol–water partition coefficient (Wildman–Crippen LogP) is 2.99. The lowest BCUT2D eigenvalue weighted by Gasteiger charge is -2.36. The summed E-state index contributed by atoms with van der Waals surface area (Å²) in [5.41, 5.74) is 0.535. The van der Waals surface area contributed by atoms with E-state index in [-0.39, 0.29) is 10.8 Å². The Morgan fingerprint density at radius 3 is 2.13 bits per heavy atom. The minimum Gasteiger partial charge on any atom is -0.259 e. The van der Waals surface area contributed by atoms with Crippen LogP contribution in [0.2, 0.25) is 19.6 Å². The highest BCUT2D eigenvalue weighted by atomic mass is 28.3. The summed E-state index contributed by atoms with van der Waals surface area (Å²) in [7, 11) is -1.55. The van der Waals surface area contributed by atoms with E-state index >= 15 is 0 Å². The van der Waals surface area contributed by atoms with E-state index in [1.165, 1.54) is 5.20 Å². The van der Waals surface area contributed by atoms with Crippen LogP contribution in [0.5, 0.6) is 0 Å². The molecule has 15 heavy (non-hydrogen) atoms. The van der Waals surface area contributed by atoms with Gasteiger partial charge < -0.3 is 0 Å². The molecule has 0 aliphatic heterocycles. The fourth-order valence-electron chi connectivity index (χ4n) is 2.85. The molecule has 0 spiro atoms. The molecule has 0 radical (unpaired) electrons. The molecule has 3 aliphatic carbocycles. The fourth-order valence-corrected chi connectivity index (χ4v) is 5.25. The van der Waals surface area contributed by atoms with Crippen LogP contribution in [0.4, 0.5) is 0 Å². The molecular formula is C11H17NO2Si. The van der Waals surface area contributed by atoms with Gasteiger partial charge in [0.1, 0.15) is 0 Å². The van der Waals surface area contributed by atoms with E-state index in [9.17, 15) is 10.1 Å². The highest BCUT2D eigenvalue weighted by Crippen LogP contribution is 2.44. The first-order chi connectivity index (χ1) is 6.91. The number of nitrogens with zero attached hydrogens (tertiary/aromatic N) is 1. The van der Waals surface area contributed by atoms with Crippen molar-refractivity contribution >= 4 is 8.07 Å². The van der Waals surface area contributed by atoms with Crippen molar-refractivity contribution in [3.8, 4) is 0 Å². The number of allylic oxidation sites excluding steroid dienone is 3. The number of fused-ring (bicyclic) bond motifs is 1. The van der Waals surface area contributed by atoms with Gasteiger partial charge in [-0.3, -0.25) is 10.1 Å². The van der Waals surface area contributed by atoms with Crippen LogP contribution >= 0.6 is 0 Å². The van der Waals surface area contributed by atoms with Gasteiger partial charge in [0, 0.05) is 5.92 Å². The average Bonchev–Trinajstić information content (AvgIpc) is 2.16. The van der Waals surface area contributed by atoms with E-state index < -0.39 is 8.07 Å². The third-order valence-corrected chi connectivity index (χ3v) is 5.61. The molecule has 82 valence electrons. The summed E-state index contributed by atoms with van der Waals surface area (Å²) < 4.78 is 0. The molecule has 0 amide bonds. The van der Waals surface area contributed by atoms with Crippen LogP contribution < -0.4 is 0 Å². The Kier molecular flexibility index (Phi) is 2.33. The smallest absolute Gasteiger partial charge is 0.248 e. The molecule has 0 aromatic carbocycles. The minimum absolute atomic E-state index is 0.0896. The Morgan fingerprint density at radius 2 is 1.80 bits per heavy atom. The van der Waals surface area contributed by atoms with Gasteiger partial charge in [-0.15, -0.1) is 0 Å². The summed E-state index contributed by atoms with van der Waals surface area (Å²) in [4.78, 5) is 11.0. The molecule has 0 saturated carbocycles. The van der Waals surface area contributed by atoms with E-state index in [2.05, 4.69) is 25.7 Å². The molecule has 0 aromatic rings. The van der Waals surface area contributed by atoms with Crippen molar-refractivity contribution in [3.63, 3.8) is 0 Å². The molecule has 0 aromatic heterocycles. The largest absolute Gasteiger partial charge is 0.259 e. The summed E-state index contributed by atoms with van der Waals surface area (Å²) in [6.07, 6.45) is 6.30. The van der Waals surface area contributed by atoms with E-state index in [4.69, 9.17) is 0 Å². The van der Waals surface area contributed by atoms with Crippen molar-refractivity contribution in [1.29, 1.82) is 0 Å². The second-order valence-electron chi connectivity index (χ2n) is 5.48. The van der Waals surface area contributed by atoms with Crippen LogP contribution in [0.15, 0.2) is 23.0 Å². The number of rotatable bonds is 2. The average molecular weight is 223 g/mol. The van der Waals surface area contributed by atoms with Gasteiger partial charge in [-0.1, -0.05) is 31.8 Å². The predicted molar refractivity (Wildman–Crippen MR) is 62.7 cm³/mol. The third kappa shape index (κ3) is 1.67. The van der Waals surface area contributed by atoms with Crippen molar-refractivity contribution in [2.75, 3.05) is 0 Å². The van der Waals surface area contributed by atoms with Crippen molar-refractivity contribution in [3.05, 3.63) is 33.2 Å². The van der Waals surface area contributed by atoms with Crippen LogP contribution in [-0.2, 0) is 0 Å². The molecular weight excluding hydrogens is 206 g/mol. The molecule has 4 heteroatoms. The number of hydrogen-bond acceptors (Lipinski definition) is 2. The quantitative estimate of drug-likeness (QED) is 0.312. The van der Waals surface area contributed by atoms with Crippen LogP contribution in [0.1, 0.15) is 12.8 Å². The molecule has 2 unspecified atom stereocenters. The van der Waals surface area contributed by atoms with Gasteiger partial charge in [-0.05, 0) is 18.0 Å². The monoisotopic (exact) mass is 223 g/mol. The van der Waals surface area contributed by atoms with Gasteiger partial charge in [0.25, 0.3) is 0 Å². The Bertz CT molecular complexity index is 365. The van der Waals surface area contributed by atoms with Crippen LogP contribution in [-0.4, -0.2) is 13.0 Å². The first-order valence-electron chi connectivity index (χ1n) is 5.48. The first kappa shape index (κ1) is 10.6. The standard InChI is InChI=1S/C11H17NO2Si/c1-15(2,3)11-9-6-4-8(5-7-9)10(11)12(13)14/h4,6,8-9H,5,7H2,1-3H3. The van der Waals surface area contributed by atoms with Gasteiger partial charge >= 0.3 is 0 Å². The zero-order valence-corrected chi connectivity index (χ0v) is 10.5. The van der Waals surface area contributed by atoms with Crippen molar-refractivity contribution < 1.29 is 4.92 Å². The van der Waals surface area contributed by atoms with Gasteiger partial charge in [0.2, 0.25) is 5.70 Å². The van der Waals surface area contributed by atoms with Gasteiger partial charge in [0.15, 0.2) is 0 Å². The zero-order chi connectivity index (χ0) is 11.2. The summed E-state index contributed by atoms with van der Waals surface area (Å²) in [5, 5.41) is 12.3. The Balaban J connectivity index is 2.54. The van der Waals surface area contributed by atoms with Crippen LogP contribution in [0.3, 0.4) is 0 Å². The second kappa shape index (κ2) is 3.30. The SMILES string of the molecule is C[Si](C)(C)C1=C([N+](=O)[O-])C2C=CC1CC2. The molecule has 0 N–H and O–H groups in total. The summed E-state index contributed by atoms with van der Waals surface area (Å²) >= 11 is 0. The zero-order valence-electron chi connectivity index (χ0n) is 9.49. The number of hydrogen-bond donors (Lipinski definition) is 0. The molecule has 3 nitrogen and oxygen atoms in total. The molecule has 3 aliphatic rings. The van der Waals surface area contributed by atoms with E-state index in [1.807, 2.05) is 6.08 Å². The minimum atomic E-state index is -1.55. The highest BCUT2D eigenvalue weighted by molar-refractivity contribution is 6.83. The maximum Gasteiger partial charge on any atom is 0.248 e.